The number of hydrogen-bond donors (Lipinski definition) is 1. The predicted octanol–water partition coefficient (Wildman–Crippen LogP) is 4.05. The van der Waals surface area contributed by atoms with E-state index in [2.05, 4.69) is 31.8 Å². The molecule has 0 aliphatic carbocycles. The summed E-state index contributed by atoms with van der Waals surface area (Å²) in [5.74, 6) is 0.674. The number of anilines is 1. The molecule has 2 rings (SSSR count). The Bertz CT molecular complexity index is 677. The van der Waals surface area contributed by atoms with Crippen molar-refractivity contribution in [2.24, 2.45) is 0 Å². The smallest absolute Gasteiger partial charge is 0.228 e. The second-order valence-corrected chi connectivity index (χ2v) is 5.27. The third-order valence-electron chi connectivity index (χ3n) is 3.42. The molecule has 0 bridgehead atoms. The van der Waals surface area contributed by atoms with Crippen molar-refractivity contribution < 1.29 is 9.53 Å². The van der Waals surface area contributed by atoms with Gasteiger partial charge in [0, 0.05) is 11.8 Å². The molecule has 0 fully saturated rings. The maximum atomic E-state index is 12.1. The van der Waals surface area contributed by atoms with Crippen LogP contribution in [0.5, 0.6) is 5.75 Å². The van der Waals surface area contributed by atoms with Crippen LogP contribution in [0.2, 0.25) is 0 Å². The van der Waals surface area contributed by atoms with Gasteiger partial charge in [0.05, 0.1) is 6.42 Å². The normalized spacial score (nSPS) is 10.1. The van der Waals surface area contributed by atoms with E-state index in [9.17, 15) is 4.79 Å². The first kappa shape index (κ1) is 15.8. The van der Waals surface area contributed by atoms with Gasteiger partial charge >= 0.3 is 0 Å². The molecule has 0 heterocycles. The third kappa shape index (κ3) is 4.48. The number of carbonyl (C=O) groups excluding carboxylic acids is 1. The summed E-state index contributed by atoms with van der Waals surface area (Å²) >= 11 is 0. The molecule has 0 spiro atoms. The highest BCUT2D eigenvalue weighted by molar-refractivity contribution is 5.92. The van der Waals surface area contributed by atoms with Crippen molar-refractivity contribution >= 4 is 11.6 Å². The summed E-state index contributed by atoms with van der Waals surface area (Å²) in [6.07, 6.45) is 2.05. The molecule has 114 valence electrons. The van der Waals surface area contributed by atoms with Crippen molar-refractivity contribution in [3.8, 4) is 5.75 Å². The molecule has 0 aliphatic heterocycles. The number of rotatable bonds is 6. The summed E-state index contributed by atoms with van der Waals surface area (Å²) in [6, 6.07) is 13.4. The molecule has 3 heteroatoms. The number of hydrogen-bond acceptors (Lipinski definition) is 2. The average Bonchev–Trinajstić information content (AvgIpc) is 2.49. The van der Waals surface area contributed by atoms with Gasteiger partial charge in [0.15, 0.2) is 0 Å². The molecular weight excluding hydrogens is 274 g/mol. The zero-order chi connectivity index (χ0) is 15.9. The van der Waals surface area contributed by atoms with E-state index < -0.39 is 0 Å². The van der Waals surface area contributed by atoms with Gasteiger partial charge in [-0.25, -0.2) is 0 Å². The quantitative estimate of drug-likeness (QED) is 0.816. The second kappa shape index (κ2) is 7.46. The van der Waals surface area contributed by atoms with Crippen molar-refractivity contribution in [1.29, 1.82) is 0 Å². The fraction of sp³-hybridized carbons (Fsp3) is 0.211. The van der Waals surface area contributed by atoms with Gasteiger partial charge in [-0.15, -0.1) is 0 Å². The Hall–Kier alpha value is -2.55. The van der Waals surface area contributed by atoms with Crippen molar-refractivity contribution in [3.63, 3.8) is 0 Å². The van der Waals surface area contributed by atoms with Crippen LogP contribution in [-0.4, -0.2) is 12.5 Å². The molecule has 1 amide bonds. The number of carbonyl (C=O) groups is 1. The highest BCUT2D eigenvalue weighted by atomic mass is 16.5. The van der Waals surface area contributed by atoms with E-state index in [1.165, 1.54) is 11.1 Å². The molecule has 0 saturated heterocycles. The van der Waals surface area contributed by atoms with Crippen molar-refractivity contribution in [2.75, 3.05) is 11.9 Å². The fourth-order valence-corrected chi connectivity index (χ4v) is 2.12. The Morgan fingerprint density at radius 3 is 2.73 bits per heavy atom. The van der Waals surface area contributed by atoms with E-state index >= 15 is 0 Å². The standard InChI is InChI=1S/C19H21NO2/c1-4-10-22-18-7-5-6-17(13-18)20-19(21)12-16-9-8-14(2)15(3)11-16/h4-9,11,13H,1,10,12H2,2-3H3,(H,20,21). The summed E-state index contributed by atoms with van der Waals surface area (Å²) in [6.45, 7) is 8.17. The van der Waals surface area contributed by atoms with Crippen LogP contribution in [0, 0.1) is 13.8 Å². The van der Waals surface area contributed by atoms with E-state index in [0.29, 0.717) is 18.8 Å². The van der Waals surface area contributed by atoms with Crippen LogP contribution in [0.15, 0.2) is 55.1 Å². The number of benzene rings is 2. The summed E-state index contributed by atoms with van der Waals surface area (Å²) < 4.78 is 5.46. The fourth-order valence-electron chi connectivity index (χ4n) is 2.12. The van der Waals surface area contributed by atoms with Crippen LogP contribution in [0.3, 0.4) is 0 Å². The van der Waals surface area contributed by atoms with Crippen LogP contribution < -0.4 is 10.1 Å². The maximum absolute atomic E-state index is 12.1. The van der Waals surface area contributed by atoms with E-state index in [4.69, 9.17) is 4.74 Å². The van der Waals surface area contributed by atoms with Gasteiger partial charge in [0.25, 0.3) is 0 Å². The number of nitrogens with one attached hydrogen (secondary N) is 1. The summed E-state index contributed by atoms with van der Waals surface area (Å²) in [5, 5.41) is 2.90. The van der Waals surface area contributed by atoms with Crippen LogP contribution in [-0.2, 0) is 11.2 Å². The van der Waals surface area contributed by atoms with E-state index in [0.717, 1.165) is 11.3 Å². The lowest BCUT2D eigenvalue weighted by molar-refractivity contribution is -0.115. The van der Waals surface area contributed by atoms with Gasteiger partial charge in [-0.05, 0) is 42.7 Å². The van der Waals surface area contributed by atoms with Gasteiger partial charge in [-0.3, -0.25) is 4.79 Å². The van der Waals surface area contributed by atoms with Gasteiger partial charge in [-0.1, -0.05) is 36.9 Å². The number of aryl methyl sites for hydroxylation is 2. The molecule has 0 atom stereocenters. The lowest BCUT2D eigenvalue weighted by Crippen LogP contribution is -2.14. The third-order valence-corrected chi connectivity index (χ3v) is 3.42. The largest absolute Gasteiger partial charge is 0.489 e. The molecule has 0 saturated carbocycles. The van der Waals surface area contributed by atoms with Gasteiger partial charge < -0.3 is 10.1 Å². The molecule has 1 N–H and O–H groups in total. The Labute approximate surface area is 131 Å². The molecule has 3 nitrogen and oxygen atoms in total. The van der Waals surface area contributed by atoms with Gasteiger partial charge in [-0.2, -0.15) is 0 Å². The molecule has 2 aromatic carbocycles. The van der Waals surface area contributed by atoms with Gasteiger partial charge in [0.2, 0.25) is 5.91 Å². The van der Waals surface area contributed by atoms with Crippen LogP contribution in [0.1, 0.15) is 16.7 Å². The number of amides is 1. The highest BCUT2D eigenvalue weighted by Crippen LogP contribution is 2.18. The van der Waals surface area contributed by atoms with E-state index in [1.54, 1.807) is 6.08 Å². The first-order valence-corrected chi connectivity index (χ1v) is 7.28. The summed E-state index contributed by atoms with van der Waals surface area (Å²) in [7, 11) is 0. The van der Waals surface area contributed by atoms with Crippen molar-refractivity contribution in [3.05, 3.63) is 71.8 Å². The minimum absolute atomic E-state index is 0.0378. The molecule has 22 heavy (non-hydrogen) atoms. The van der Waals surface area contributed by atoms with Gasteiger partial charge in [0.1, 0.15) is 12.4 Å². The molecule has 0 aliphatic rings. The Morgan fingerprint density at radius 2 is 2.00 bits per heavy atom. The zero-order valence-corrected chi connectivity index (χ0v) is 13.1. The monoisotopic (exact) mass is 295 g/mol. The summed E-state index contributed by atoms with van der Waals surface area (Å²) in [4.78, 5) is 12.1. The molecule has 2 aromatic rings. The Balaban J connectivity index is 1.99. The minimum Gasteiger partial charge on any atom is -0.489 e. The van der Waals surface area contributed by atoms with E-state index in [-0.39, 0.29) is 5.91 Å². The lowest BCUT2D eigenvalue weighted by atomic mass is 10.0. The minimum atomic E-state index is -0.0378. The molecule has 0 aromatic heterocycles. The average molecular weight is 295 g/mol. The second-order valence-electron chi connectivity index (χ2n) is 5.27. The Kier molecular flexibility index (Phi) is 5.37. The van der Waals surface area contributed by atoms with E-state index in [1.807, 2.05) is 36.4 Å². The van der Waals surface area contributed by atoms with Crippen molar-refractivity contribution in [1.82, 2.24) is 0 Å². The van der Waals surface area contributed by atoms with Crippen LogP contribution >= 0.6 is 0 Å². The first-order valence-electron chi connectivity index (χ1n) is 7.28. The number of ether oxygens (including phenoxy) is 1. The zero-order valence-electron chi connectivity index (χ0n) is 13.1. The Morgan fingerprint density at radius 1 is 1.18 bits per heavy atom. The van der Waals surface area contributed by atoms with Crippen LogP contribution in [0.4, 0.5) is 5.69 Å². The first-order chi connectivity index (χ1) is 10.6. The van der Waals surface area contributed by atoms with Crippen LogP contribution in [0.25, 0.3) is 0 Å². The highest BCUT2D eigenvalue weighted by Gasteiger charge is 2.06. The summed E-state index contributed by atoms with van der Waals surface area (Å²) in [5.41, 5.74) is 4.18. The molecule has 0 radical (unpaired) electrons. The molecule has 0 unspecified atom stereocenters. The predicted molar refractivity (Wildman–Crippen MR) is 90.4 cm³/mol. The topological polar surface area (TPSA) is 38.3 Å². The lowest BCUT2D eigenvalue weighted by Gasteiger charge is -2.09. The van der Waals surface area contributed by atoms with Crippen molar-refractivity contribution in [2.45, 2.75) is 20.3 Å². The molecular formula is C19H21NO2. The maximum Gasteiger partial charge on any atom is 0.228 e. The SMILES string of the molecule is C=CCOc1cccc(NC(=O)Cc2ccc(C)c(C)c2)c1.